The van der Waals surface area contributed by atoms with Crippen molar-refractivity contribution in [3.8, 4) is 0 Å². The Bertz CT molecular complexity index is 920. The highest BCUT2D eigenvalue weighted by Gasteiger charge is 2.67. The summed E-state index contributed by atoms with van der Waals surface area (Å²) in [7, 11) is 1.32. The monoisotopic (exact) mass is 446 g/mol. The molecule has 0 amide bonds. The molecule has 1 aliphatic heterocycles. The van der Waals surface area contributed by atoms with Crippen LogP contribution in [0.25, 0.3) is 0 Å². The van der Waals surface area contributed by atoms with Gasteiger partial charge in [-0.3, -0.25) is 19.2 Å². The molecular formula is C24H30O8. The standard InChI is InChI=1S/C24H30O8/c1-5-18(25)31-16-10-15(21(27)29-4)23(2)8-6-14-22(28)32-17(13-7-9-30-12-13)11-24(14,3)20(23)19(16)26/h7,9,12,14-17,20H,5-6,8,10-11H2,1-4H3/t14?,15-,16?,17+,20-,23-,24-/m0/s1. The van der Waals surface area contributed by atoms with Crippen LogP contribution in [-0.2, 0) is 33.4 Å². The lowest BCUT2D eigenvalue weighted by Crippen LogP contribution is -2.64. The van der Waals surface area contributed by atoms with Crippen LogP contribution in [-0.4, -0.2) is 36.9 Å². The van der Waals surface area contributed by atoms with Gasteiger partial charge in [0.1, 0.15) is 6.10 Å². The third-order valence-corrected chi connectivity index (χ3v) is 8.07. The number of carbonyl (C=O) groups excluding carboxylic acids is 4. The van der Waals surface area contributed by atoms with Crippen LogP contribution in [0.15, 0.2) is 23.0 Å². The summed E-state index contributed by atoms with van der Waals surface area (Å²) in [5.41, 5.74) is -0.763. The Morgan fingerprint density at radius 3 is 2.59 bits per heavy atom. The van der Waals surface area contributed by atoms with E-state index in [0.29, 0.717) is 19.3 Å². The number of ether oxygens (including phenoxy) is 3. The molecular weight excluding hydrogens is 416 g/mol. The lowest BCUT2D eigenvalue weighted by molar-refractivity contribution is -0.210. The fourth-order valence-corrected chi connectivity index (χ4v) is 6.51. The largest absolute Gasteiger partial charge is 0.472 e. The van der Waals surface area contributed by atoms with E-state index in [2.05, 4.69) is 0 Å². The number of hydrogen-bond donors (Lipinski definition) is 0. The van der Waals surface area contributed by atoms with Crippen LogP contribution in [0.1, 0.15) is 64.5 Å². The Balaban J connectivity index is 1.78. The van der Waals surface area contributed by atoms with Crippen molar-refractivity contribution in [1.82, 2.24) is 0 Å². The van der Waals surface area contributed by atoms with Gasteiger partial charge in [-0.05, 0) is 36.2 Å². The smallest absolute Gasteiger partial charge is 0.310 e. The molecule has 0 N–H and O–H groups in total. The van der Waals surface area contributed by atoms with Gasteiger partial charge in [0, 0.05) is 24.3 Å². The third kappa shape index (κ3) is 3.35. The Kier molecular flexibility index (Phi) is 5.67. The van der Waals surface area contributed by atoms with E-state index in [-0.39, 0.29) is 24.6 Å². The summed E-state index contributed by atoms with van der Waals surface area (Å²) < 4.78 is 21.5. The molecule has 3 aliphatic rings. The molecule has 1 saturated heterocycles. The quantitative estimate of drug-likeness (QED) is 0.511. The van der Waals surface area contributed by atoms with Crippen LogP contribution in [0.3, 0.4) is 0 Å². The minimum atomic E-state index is -1.04. The normalized spacial score (nSPS) is 38.8. The number of carbonyl (C=O) groups is 4. The number of Topliss-reactive ketones (excluding diaryl/α,β-unsaturated/α-hetero) is 1. The molecule has 1 aromatic rings. The number of methoxy groups -OCH3 is 1. The predicted molar refractivity (Wildman–Crippen MR) is 110 cm³/mol. The van der Waals surface area contributed by atoms with Crippen molar-refractivity contribution in [2.75, 3.05) is 7.11 Å². The second-order valence-electron chi connectivity index (χ2n) is 9.77. The van der Waals surface area contributed by atoms with Crippen molar-refractivity contribution < 1.29 is 37.8 Å². The van der Waals surface area contributed by atoms with E-state index in [0.717, 1.165) is 5.56 Å². The summed E-state index contributed by atoms with van der Waals surface area (Å²) in [5, 5.41) is 0. The molecule has 8 heteroatoms. The van der Waals surface area contributed by atoms with Gasteiger partial charge in [0.2, 0.25) is 0 Å². The Hall–Kier alpha value is -2.64. The number of esters is 3. The third-order valence-electron chi connectivity index (χ3n) is 8.07. The minimum Gasteiger partial charge on any atom is -0.472 e. The van der Waals surface area contributed by atoms with Crippen molar-refractivity contribution in [2.24, 2.45) is 28.6 Å². The van der Waals surface area contributed by atoms with Gasteiger partial charge in [0.05, 0.1) is 31.5 Å². The van der Waals surface area contributed by atoms with Gasteiger partial charge in [-0.1, -0.05) is 20.8 Å². The van der Waals surface area contributed by atoms with E-state index in [1.807, 2.05) is 13.8 Å². The van der Waals surface area contributed by atoms with E-state index in [4.69, 9.17) is 18.6 Å². The van der Waals surface area contributed by atoms with Crippen LogP contribution >= 0.6 is 0 Å². The molecule has 3 fully saturated rings. The van der Waals surface area contributed by atoms with Gasteiger partial charge in [-0.25, -0.2) is 0 Å². The molecule has 174 valence electrons. The first-order chi connectivity index (χ1) is 15.2. The number of hydrogen-bond acceptors (Lipinski definition) is 8. The number of ketones is 1. The summed E-state index contributed by atoms with van der Waals surface area (Å²) in [6.45, 7) is 5.52. The zero-order valence-electron chi connectivity index (χ0n) is 18.9. The maximum Gasteiger partial charge on any atom is 0.310 e. The molecule has 32 heavy (non-hydrogen) atoms. The Morgan fingerprint density at radius 1 is 1.22 bits per heavy atom. The van der Waals surface area contributed by atoms with Gasteiger partial charge >= 0.3 is 17.9 Å². The number of furan rings is 1. The number of fused-ring (bicyclic) bond motifs is 3. The average molecular weight is 446 g/mol. The van der Waals surface area contributed by atoms with Crippen LogP contribution in [0, 0.1) is 28.6 Å². The lowest BCUT2D eigenvalue weighted by Gasteiger charge is -2.61. The highest BCUT2D eigenvalue weighted by molar-refractivity contribution is 5.93. The minimum absolute atomic E-state index is 0.0978. The first kappa shape index (κ1) is 22.6. The molecule has 0 bridgehead atoms. The molecule has 8 nitrogen and oxygen atoms in total. The summed E-state index contributed by atoms with van der Waals surface area (Å²) in [5.74, 6) is -3.24. The topological polar surface area (TPSA) is 109 Å². The summed E-state index contributed by atoms with van der Waals surface area (Å²) >= 11 is 0. The van der Waals surface area contributed by atoms with E-state index >= 15 is 0 Å². The van der Waals surface area contributed by atoms with E-state index in [1.165, 1.54) is 19.6 Å². The summed E-state index contributed by atoms with van der Waals surface area (Å²) in [6.07, 6.45) is 3.13. The summed E-state index contributed by atoms with van der Waals surface area (Å²) in [6, 6.07) is 1.75. The first-order valence-corrected chi connectivity index (χ1v) is 11.2. The Morgan fingerprint density at radius 2 is 1.97 bits per heavy atom. The number of rotatable bonds is 4. The van der Waals surface area contributed by atoms with Crippen molar-refractivity contribution in [1.29, 1.82) is 0 Å². The fraction of sp³-hybridized carbons (Fsp3) is 0.667. The molecule has 1 aromatic heterocycles. The second kappa shape index (κ2) is 8.05. The van der Waals surface area contributed by atoms with E-state index < -0.39 is 52.7 Å². The van der Waals surface area contributed by atoms with Crippen molar-refractivity contribution in [3.63, 3.8) is 0 Å². The average Bonchev–Trinajstić information content (AvgIpc) is 3.29. The van der Waals surface area contributed by atoms with E-state index in [9.17, 15) is 19.2 Å². The fourth-order valence-electron chi connectivity index (χ4n) is 6.51. The molecule has 2 aliphatic carbocycles. The maximum atomic E-state index is 13.8. The van der Waals surface area contributed by atoms with Gasteiger partial charge in [0.15, 0.2) is 11.9 Å². The molecule has 0 spiro atoms. The van der Waals surface area contributed by atoms with Crippen LogP contribution in [0.2, 0.25) is 0 Å². The summed E-state index contributed by atoms with van der Waals surface area (Å²) in [4.78, 5) is 51.8. The van der Waals surface area contributed by atoms with Crippen LogP contribution in [0.4, 0.5) is 0 Å². The molecule has 7 atom stereocenters. The lowest BCUT2D eigenvalue weighted by atomic mass is 9.43. The first-order valence-electron chi connectivity index (χ1n) is 11.2. The highest BCUT2D eigenvalue weighted by atomic mass is 16.6. The molecule has 4 rings (SSSR count). The Labute approximate surface area is 186 Å². The highest BCUT2D eigenvalue weighted by Crippen LogP contribution is 2.65. The van der Waals surface area contributed by atoms with E-state index in [1.54, 1.807) is 13.0 Å². The zero-order valence-corrected chi connectivity index (χ0v) is 18.9. The molecule has 2 unspecified atom stereocenters. The van der Waals surface area contributed by atoms with Crippen LogP contribution < -0.4 is 0 Å². The second-order valence-corrected chi connectivity index (χ2v) is 9.77. The molecule has 2 saturated carbocycles. The van der Waals surface area contributed by atoms with Gasteiger partial charge in [-0.15, -0.1) is 0 Å². The van der Waals surface area contributed by atoms with Crippen molar-refractivity contribution >= 4 is 23.7 Å². The van der Waals surface area contributed by atoms with Gasteiger partial charge < -0.3 is 18.6 Å². The molecule has 0 radical (unpaired) electrons. The SMILES string of the molecule is CCC(=O)OC1C[C@@H](C(=O)OC)[C@]2(C)CCC3C(=O)O[C@@H](c4ccoc4)C[C@]3(C)[C@H]2C1=O. The zero-order chi connectivity index (χ0) is 23.3. The molecule has 0 aromatic carbocycles. The number of cyclic esters (lactones) is 1. The maximum absolute atomic E-state index is 13.8. The van der Waals surface area contributed by atoms with Gasteiger partial charge in [-0.2, -0.15) is 0 Å². The van der Waals surface area contributed by atoms with Crippen molar-refractivity contribution in [3.05, 3.63) is 24.2 Å². The van der Waals surface area contributed by atoms with Crippen LogP contribution in [0.5, 0.6) is 0 Å². The van der Waals surface area contributed by atoms with Crippen molar-refractivity contribution in [2.45, 2.75) is 65.1 Å². The molecule has 2 heterocycles. The predicted octanol–water partition coefficient (Wildman–Crippen LogP) is 3.39. The van der Waals surface area contributed by atoms with Gasteiger partial charge in [0.25, 0.3) is 0 Å².